The molecule has 3 fully saturated rings. The molecule has 5 heteroatoms. The van der Waals surface area contributed by atoms with Crippen LogP contribution in [0, 0.1) is 5.92 Å². The fraction of sp³-hybridized carbons (Fsp3) is 0.938. The molecule has 1 unspecified atom stereocenters. The third-order valence-electron chi connectivity index (χ3n) is 5.21. The topological polar surface area (TPSA) is 53.6 Å². The van der Waals surface area contributed by atoms with Gasteiger partial charge in [-0.1, -0.05) is 12.8 Å². The summed E-state index contributed by atoms with van der Waals surface area (Å²) in [6, 6.07) is 0.123. The molecule has 3 rings (SSSR count). The molecule has 3 aliphatic rings. The van der Waals surface area contributed by atoms with Gasteiger partial charge >= 0.3 is 0 Å². The Morgan fingerprint density at radius 1 is 1.33 bits per heavy atom. The molecule has 2 N–H and O–H groups in total. The Kier molecular flexibility index (Phi) is 5.14. The van der Waals surface area contributed by atoms with Crippen LogP contribution in [-0.2, 0) is 9.53 Å². The monoisotopic (exact) mass is 295 g/mol. The lowest BCUT2D eigenvalue weighted by Gasteiger charge is -2.30. The molecule has 2 saturated heterocycles. The first kappa shape index (κ1) is 15.3. The van der Waals surface area contributed by atoms with Gasteiger partial charge in [0, 0.05) is 32.2 Å². The minimum atomic E-state index is -0.192. The molecular weight excluding hydrogens is 266 g/mol. The van der Waals surface area contributed by atoms with Gasteiger partial charge in [-0.2, -0.15) is 0 Å². The molecule has 1 aliphatic carbocycles. The molecule has 2 heterocycles. The molecule has 0 aromatic rings. The second-order valence-corrected chi connectivity index (χ2v) is 6.91. The highest BCUT2D eigenvalue weighted by Gasteiger charge is 2.32. The number of ether oxygens (including phenoxy) is 1. The zero-order chi connectivity index (χ0) is 14.7. The number of carbonyl (C=O) groups excluding carboxylic acids is 1. The van der Waals surface area contributed by atoms with E-state index in [9.17, 15) is 4.79 Å². The average molecular weight is 295 g/mol. The van der Waals surface area contributed by atoms with E-state index >= 15 is 0 Å². The summed E-state index contributed by atoms with van der Waals surface area (Å²) in [6.07, 6.45) is 6.66. The molecule has 0 aromatic heterocycles. The molecule has 0 radical (unpaired) electrons. The van der Waals surface area contributed by atoms with E-state index in [4.69, 9.17) is 4.74 Å². The molecule has 120 valence electrons. The number of hydrogen-bond acceptors (Lipinski definition) is 4. The summed E-state index contributed by atoms with van der Waals surface area (Å²) < 4.78 is 5.55. The third kappa shape index (κ3) is 3.96. The van der Waals surface area contributed by atoms with Crippen LogP contribution in [0.1, 0.15) is 39.0 Å². The van der Waals surface area contributed by atoms with Crippen LogP contribution in [0.25, 0.3) is 0 Å². The van der Waals surface area contributed by atoms with Crippen molar-refractivity contribution in [1.82, 2.24) is 15.5 Å². The summed E-state index contributed by atoms with van der Waals surface area (Å²) in [5.74, 6) is 1.00. The minimum Gasteiger partial charge on any atom is -0.375 e. The van der Waals surface area contributed by atoms with Gasteiger partial charge in [0.25, 0.3) is 0 Å². The molecule has 0 spiro atoms. The van der Waals surface area contributed by atoms with Crippen LogP contribution in [0.2, 0.25) is 0 Å². The number of likely N-dealkylation sites (tertiary alicyclic amines) is 1. The zero-order valence-corrected chi connectivity index (χ0v) is 13.1. The predicted molar refractivity (Wildman–Crippen MR) is 82.2 cm³/mol. The smallest absolute Gasteiger partial charge is 0.240 e. The fourth-order valence-electron chi connectivity index (χ4n) is 3.99. The second-order valence-electron chi connectivity index (χ2n) is 6.91. The zero-order valence-electron chi connectivity index (χ0n) is 13.1. The van der Waals surface area contributed by atoms with Crippen molar-refractivity contribution in [1.29, 1.82) is 0 Å². The first-order valence-corrected chi connectivity index (χ1v) is 8.60. The van der Waals surface area contributed by atoms with E-state index < -0.39 is 0 Å². The van der Waals surface area contributed by atoms with Crippen molar-refractivity contribution in [3.05, 3.63) is 0 Å². The normalized spacial score (nSPS) is 35.2. The number of rotatable bonds is 4. The summed E-state index contributed by atoms with van der Waals surface area (Å²) >= 11 is 0. The van der Waals surface area contributed by atoms with Crippen molar-refractivity contribution in [3.8, 4) is 0 Å². The van der Waals surface area contributed by atoms with Crippen LogP contribution in [0.3, 0.4) is 0 Å². The highest BCUT2D eigenvalue weighted by atomic mass is 16.5. The lowest BCUT2D eigenvalue weighted by atomic mass is 10.1. The van der Waals surface area contributed by atoms with Crippen molar-refractivity contribution in [3.63, 3.8) is 0 Å². The van der Waals surface area contributed by atoms with Crippen molar-refractivity contribution < 1.29 is 9.53 Å². The summed E-state index contributed by atoms with van der Waals surface area (Å²) in [6.45, 7) is 6.81. The molecule has 0 aromatic carbocycles. The largest absolute Gasteiger partial charge is 0.375 e. The number of carbonyl (C=O) groups is 1. The quantitative estimate of drug-likeness (QED) is 0.803. The van der Waals surface area contributed by atoms with Gasteiger partial charge in [0.05, 0.1) is 12.7 Å². The SMILES string of the molecule is C[C@H]1OCCN[C@@H]1C(=O)NC1CCN(CC2CCCC2)C1. The summed E-state index contributed by atoms with van der Waals surface area (Å²) in [7, 11) is 0. The number of nitrogens with zero attached hydrogens (tertiary/aromatic N) is 1. The van der Waals surface area contributed by atoms with Gasteiger partial charge in [-0.3, -0.25) is 4.79 Å². The molecule has 21 heavy (non-hydrogen) atoms. The summed E-state index contributed by atoms with van der Waals surface area (Å²) in [5, 5.41) is 6.47. The molecule has 1 saturated carbocycles. The Labute approximate surface area is 127 Å². The minimum absolute atomic E-state index is 0.0326. The Morgan fingerprint density at radius 3 is 2.90 bits per heavy atom. The Hall–Kier alpha value is -0.650. The van der Waals surface area contributed by atoms with Gasteiger partial charge in [-0.15, -0.1) is 0 Å². The number of hydrogen-bond donors (Lipinski definition) is 2. The van der Waals surface area contributed by atoms with E-state index in [1.807, 2.05) is 6.92 Å². The molecule has 3 atom stereocenters. The van der Waals surface area contributed by atoms with Crippen molar-refractivity contribution >= 4 is 5.91 Å². The standard InChI is InChI=1S/C16H29N3O2/c1-12-15(17-7-9-21-12)16(20)18-14-6-8-19(11-14)10-13-4-2-3-5-13/h12-15,17H,2-11H2,1H3,(H,18,20)/t12-,14?,15+/m1/s1. The average Bonchev–Trinajstić information content (AvgIpc) is 3.12. The van der Waals surface area contributed by atoms with E-state index in [-0.39, 0.29) is 18.1 Å². The second kappa shape index (κ2) is 7.07. The van der Waals surface area contributed by atoms with Crippen LogP contribution >= 0.6 is 0 Å². The first-order chi connectivity index (χ1) is 10.2. The van der Waals surface area contributed by atoms with E-state index in [1.165, 1.54) is 32.2 Å². The van der Waals surface area contributed by atoms with Gasteiger partial charge in [-0.05, 0) is 32.1 Å². The number of nitrogens with one attached hydrogen (secondary N) is 2. The molecular formula is C16H29N3O2. The highest BCUT2D eigenvalue weighted by molar-refractivity contribution is 5.82. The van der Waals surface area contributed by atoms with Crippen molar-refractivity contribution in [2.45, 2.75) is 57.2 Å². The van der Waals surface area contributed by atoms with Gasteiger partial charge in [0.1, 0.15) is 6.04 Å². The van der Waals surface area contributed by atoms with E-state index in [1.54, 1.807) is 0 Å². The number of morpholine rings is 1. The lowest BCUT2D eigenvalue weighted by molar-refractivity contribution is -0.129. The van der Waals surface area contributed by atoms with Gasteiger partial charge in [0.15, 0.2) is 0 Å². The molecule has 0 bridgehead atoms. The van der Waals surface area contributed by atoms with Gasteiger partial charge in [-0.25, -0.2) is 0 Å². The summed E-state index contributed by atoms with van der Waals surface area (Å²) in [4.78, 5) is 14.9. The first-order valence-electron chi connectivity index (χ1n) is 8.60. The molecule has 2 aliphatic heterocycles. The van der Waals surface area contributed by atoms with Crippen LogP contribution in [0.5, 0.6) is 0 Å². The van der Waals surface area contributed by atoms with Crippen molar-refractivity contribution in [2.75, 3.05) is 32.8 Å². The fourth-order valence-corrected chi connectivity index (χ4v) is 3.99. The molecule has 1 amide bonds. The van der Waals surface area contributed by atoms with Crippen LogP contribution < -0.4 is 10.6 Å². The van der Waals surface area contributed by atoms with Gasteiger partial charge in [0.2, 0.25) is 5.91 Å². The van der Waals surface area contributed by atoms with Crippen LogP contribution in [-0.4, -0.2) is 61.8 Å². The Morgan fingerprint density at radius 2 is 2.14 bits per heavy atom. The Balaban J connectivity index is 1.42. The maximum atomic E-state index is 12.3. The Bertz CT molecular complexity index is 357. The highest BCUT2D eigenvalue weighted by Crippen LogP contribution is 2.26. The lowest BCUT2D eigenvalue weighted by Crippen LogP contribution is -2.57. The third-order valence-corrected chi connectivity index (χ3v) is 5.21. The van der Waals surface area contributed by atoms with Crippen LogP contribution in [0.15, 0.2) is 0 Å². The molecule has 5 nitrogen and oxygen atoms in total. The van der Waals surface area contributed by atoms with Crippen LogP contribution in [0.4, 0.5) is 0 Å². The van der Waals surface area contributed by atoms with E-state index in [0.717, 1.165) is 32.0 Å². The maximum absolute atomic E-state index is 12.3. The number of amides is 1. The predicted octanol–water partition coefficient (Wildman–Crippen LogP) is 0.744. The van der Waals surface area contributed by atoms with E-state index in [0.29, 0.717) is 12.6 Å². The van der Waals surface area contributed by atoms with E-state index in [2.05, 4.69) is 15.5 Å². The van der Waals surface area contributed by atoms with Gasteiger partial charge < -0.3 is 20.3 Å². The van der Waals surface area contributed by atoms with Crippen molar-refractivity contribution in [2.24, 2.45) is 5.92 Å². The summed E-state index contributed by atoms with van der Waals surface area (Å²) in [5.41, 5.74) is 0. The maximum Gasteiger partial charge on any atom is 0.240 e.